The highest BCUT2D eigenvalue weighted by Gasteiger charge is 2.27. The molecule has 17 heavy (non-hydrogen) atoms. The van der Waals surface area contributed by atoms with Crippen LogP contribution in [0, 0.1) is 0 Å². The Morgan fingerprint density at radius 2 is 2.12 bits per heavy atom. The largest absolute Gasteiger partial charge is 0.316 e. The van der Waals surface area contributed by atoms with Gasteiger partial charge in [0, 0.05) is 30.6 Å². The van der Waals surface area contributed by atoms with Gasteiger partial charge in [-0.15, -0.1) is 0 Å². The van der Waals surface area contributed by atoms with Crippen LogP contribution in [-0.2, 0) is 0 Å². The van der Waals surface area contributed by atoms with Crippen LogP contribution in [0.3, 0.4) is 0 Å². The van der Waals surface area contributed by atoms with Gasteiger partial charge in [-0.25, -0.2) is 0 Å². The quantitative estimate of drug-likeness (QED) is 0.868. The van der Waals surface area contributed by atoms with Crippen molar-refractivity contribution in [2.24, 2.45) is 0 Å². The Labute approximate surface area is 108 Å². The van der Waals surface area contributed by atoms with Crippen molar-refractivity contribution in [3.63, 3.8) is 0 Å². The van der Waals surface area contributed by atoms with Crippen LogP contribution in [0.2, 0.25) is 5.02 Å². The van der Waals surface area contributed by atoms with Gasteiger partial charge in [0.1, 0.15) is 0 Å². The molecule has 2 fully saturated rings. The van der Waals surface area contributed by atoms with E-state index < -0.39 is 0 Å². The maximum Gasteiger partial charge on any atom is 0.0444 e. The zero-order valence-electron chi connectivity index (χ0n) is 10.2. The van der Waals surface area contributed by atoms with Gasteiger partial charge >= 0.3 is 0 Å². The molecule has 0 aliphatic carbocycles. The van der Waals surface area contributed by atoms with Crippen LogP contribution in [0.5, 0.6) is 0 Å². The summed E-state index contributed by atoms with van der Waals surface area (Å²) in [5.74, 6) is 1.30. The number of nitrogens with one attached hydrogen (secondary N) is 1. The van der Waals surface area contributed by atoms with E-state index in [9.17, 15) is 0 Å². The second-order valence-corrected chi connectivity index (χ2v) is 5.80. The van der Waals surface area contributed by atoms with E-state index >= 15 is 0 Å². The third-order valence-corrected chi connectivity index (χ3v) is 4.39. The normalized spacial score (nSPS) is 26.1. The van der Waals surface area contributed by atoms with E-state index in [1.54, 1.807) is 0 Å². The summed E-state index contributed by atoms with van der Waals surface area (Å²) in [7, 11) is 2.16. The maximum atomic E-state index is 6.42. The highest BCUT2D eigenvalue weighted by Crippen LogP contribution is 2.34. The van der Waals surface area contributed by atoms with E-state index in [-0.39, 0.29) is 0 Å². The Hall–Kier alpha value is -0.570. The number of hydrogen-bond donors (Lipinski definition) is 1. The molecule has 1 atom stereocenters. The van der Waals surface area contributed by atoms with Gasteiger partial charge in [-0.2, -0.15) is 0 Å². The summed E-state index contributed by atoms with van der Waals surface area (Å²) in [4.78, 5) is 2.33. The first-order valence-corrected chi connectivity index (χ1v) is 6.80. The Bertz CT molecular complexity index is 407. The van der Waals surface area contributed by atoms with Gasteiger partial charge in [-0.05, 0) is 43.1 Å². The summed E-state index contributed by atoms with van der Waals surface area (Å²) in [6, 6.07) is 6.71. The van der Waals surface area contributed by atoms with Crippen LogP contribution in [-0.4, -0.2) is 38.1 Å². The Morgan fingerprint density at radius 3 is 2.71 bits per heavy atom. The molecule has 3 heteroatoms. The van der Waals surface area contributed by atoms with Crippen molar-refractivity contribution in [2.45, 2.75) is 18.3 Å². The first-order chi connectivity index (χ1) is 8.24. The molecule has 0 bridgehead atoms. The predicted molar refractivity (Wildman–Crippen MR) is 71.9 cm³/mol. The molecule has 0 aromatic heterocycles. The zero-order valence-corrected chi connectivity index (χ0v) is 11.0. The zero-order chi connectivity index (χ0) is 11.8. The summed E-state index contributed by atoms with van der Waals surface area (Å²) in [6.07, 6.45) is 1.24. The molecule has 2 nitrogen and oxygen atoms in total. The predicted octanol–water partition coefficient (Wildman–Crippen LogP) is 2.45. The second kappa shape index (κ2) is 4.60. The number of halogens is 1. The number of benzene rings is 1. The molecular weight excluding hydrogens is 232 g/mol. The molecule has 2 aliphatic rings. The number of nitrogens with zero attached hydrogens (tertiary/aromatic N) is 1. The van der Waals surface area contributed by atoms with Gasteiger partial charge in [-0.3, -0.25) is 0 Å². The minimum absolute atomic E-state index is 0.642. The first kappa shape index (κ1) is 11.5. The van der Waals surface area contributed by atoms with E-state index in [0.29, 0.717) is 11.8 Å². The van der Waals surface area contributed by atoms with Crippen molar-refractivity contribution in [3.05, 3.63) is 34.3 Å². The van der Waals surface area contributed by atoms with Gasteiger partial charge < -0.3 is 10.2 Å². The molecule has 1 unspecified atom stereocenters. The van der Waals surface area contributed by atoms with Crippen LogP contribution < -0.4 is 5.32 Å². The van der Waals surface area contributed by atoms with E-state index in [4.69, 9.17) is 11.6 Å². The molecule has 2 saturated heterocycles. The number of hydrogen-bond acceptors (Lipinski definition) is 2. The number of rotatable bonds is 2. The lowest BCUT2D eigenvalue weighted by Gasteiger charge is -2.37. The summed E-state index contributed by atoms with van der Waals surface area (Å²) in [5, 5.41) is 4.37. The topological polar surface area (TPSA) is 15.3 Å². The monoisotopic (exact) mass is 250 g/mol. The van der Waals surface area contributed by atoms with Gasteiger partial charge in [0.2, 0.25) is 0 Å². The summed E-state index contributed by atoms with van der Waals surface area (Å²) < 4.78 is 0. The molecule has 2 aliphatic heterocycles. The molecular formula is C14H19ClN2. The molecule has 0 spiro atoms. The minimum atomic E-state index is 0.642. The average molecular weight is 251 g/mol. The van der Waals surface area contributed by atoms with Gasteiger partial charge in [-0.1, -0.05) is 23.7 Å². The highest BCUT2D eigenvalue weighted by atomic mass is 35.5. The smallest absolute Gasteiger partial charge is 0.0444 e. The van der Waals surface area contributed by atoms with E-state index in [1.165, 1.54) is 17.5 Å². The third-order valence-electron chi connectivity index (χ3n) is 4.06. The average Bonchev–Trinajstić information content (AvgIpc) is 2.78. The summed E-state index contributed by atoms with van der Waals surface area (Å²) in [6.45, 7) is 4.52. The van der Waals surface area contributed by atoms with Gasteiger partial charge in [0.15, 0.2) is 0 Å². The molecule has 1 N–H and O–H groups in total. The van der Waals surface area contributed by atoms with Crippen LogP contribution in [0.4, 0.5) is 0 Å². The van der Waals surface area contributed by atoms with Gasteiger partial charge in [0.25, 0.3) is 0 Å². The van der Waals surface area contributed by atoms with Crippen molar-refractivity contribution in [3.8, 4) is 0 Å². The fraction of sp³-hybridized carbons (Fsp3) is 0.571. The van der Waals surface area contributed by atoms with Crippen molar-refractivity contribution in [2.75, 3.05) is 33.2 Å². The van der Waals surface area contributed by atoms with Crippen LogP contribution >= 0.6 is 11.6 Å². The molecule has 1 aromatic rings. The van der Waals surface area contributed by atoms with Crippen molar-refractivity contribution in [1.29, 1.82) is 0 Å². The van der Waals surface area contributed by atoms with Crippen molar-refractivity contribution >= 4 is 11.6 Å². The van der Waals surface area contributed by atoms with Gasteiger partial charge in [0.05, 0.1) is 0 Å². The van der Waals surface area contributed by atoms with Crippen LogP contribution in [0.15, 0.2) is 18.2 Å². The third kappa shape index (κ3) is 2.22. The van der Waals surface area contributed by atoms with E-state index in [2.05, 4.69) is 35.5 Å². The second-order valence-electron chi connectivity index (χ2n) is 5.39. The minimum Gasteiger partial charge on any atom is -0.316 e. The fourth-order valence-electron chi connectivity index (χ4n) is 2.96. The first-order valence-electron chi connectivity index (χ1n) is 6.42. The van der Waals surface area contributed by atoms with Crippen LogP contribution in [0.25, 0.3) is 0 Å². The SMILES string of the molecule is CN1CC(c2ccc(C3CCNC3)cc2Cl)C1. The molecule has 1 aromatic carbocycles. The summed E-state index contributed by atoms with van der Waals surface area (Å²) >= 11 is 6.42. The standard InChI is InChI=1S/C14H19ClN2/c1-17-8-12(9-17)13-3-2-10(6-14(13)15)11-4-5-16-7-11/h2-3,6,11-12,16H,4-5,7-9H2,1H3. The molecule has 0 amide bonds. The molecule has 3 rings (SSSR count). The summed E-state index contributed by atoms with van der Waals surface area (Å²) in [5.41, 5.74) is 2.73. The molecule has 2 heterocycles. The molecule has 92 valence electrons. The Kier molecular flexibility index (Phi) is 3.12. The lowest BCUT2D eigenvalue weighted by atomic mass is 9.89. The lowest BCUT2D eigenvalue weighted by Crippen LogP contribution is -2.41. The van der Waals surface area contributed by atoms with Crippen molar-refractivity contribution in [1.82, 2.24) is 10.2 Å². The van der Waals surface area contributed by atoms with E-state index in [1.807, 2.05) is 0 Å². The number of likely N-dealkylation sites (N-methyl/N-ethyl adjacent to an activating group) is 1. The Morgan fingerprint density at radius 1 is 1.29 bits per heavy atom. The van der Waals surface area contributed by atoms with Crippen LogP contribution in [0.1, 0.15) is 29.4 Å². The highest BCUT2D eigenvalue weighted by molar-refractivity contribution is 6.31. The Balaban J connectivity index is 1.79. The molecule has 0 radical (unpaired) electrons. The van der Waals surface area contributed by atoms with E-state index in [0.717, 1.165) is 31.2 Å². The maximum absolute atomic E-state index is 6.42. The number of likely N-dealkylation sites (tertiary alicyclic amines) is 1. The fourth-order valence-corrected chi connectivity index (χ4v) is 3.31. The molecule has 0 saturated carbocycles. The van der Waals surface area contributed by atoms with Crippen molar-refractivity contribution < 1.29 is 0 Å². The lowest BCUT2D eigenvalue weighted by molar-refractivity contribution is 0.190.